The van der Waals surface area contributed by atoms with Crippen LogP contribution in [0.25, 0.3) is 0 Å². The van der Waals surface area contributed by atoms with Crippen LogP contribution in [-0.2, 0) is 4.74 Å². The topological polar surface area (TPSA) is 61.9 Å². The fourth-order valence-electron chi connectivity index (χ4n) is 2.61. The number of carbonyl (C=O) groups excluding carboxylic acids is 2. The van der Waals surface area contributed by atoms with Crippen LogP contribution in [0.1, 0.15) is 27.6 Å². The molecule has 6 heteroatoms. The predicted octanol–water partition coefficient (Wildman–Crippen LogP) is 0.839. The maximum Gasteiger partial charge on any atom is 0.337 e. The molecule has 1 fully saturated rings. The summed E-state index contributed by atoms with van der Waals surface area (Å²) in [6.07, 6.45) is 0. The maximum absolute atomic E-state index is 12.2. The molecule has 0 bridgehead atoms. The molecule has 1 aromatic carbocycles. The Morgan fingerprint density at radius 2 is 1.70 bits per heavy atom. The normalized spacial score (nSPS) is 17.5. The van der Waals surface area contributed by atoms with E-state index in [0.29, 0.717) is 23.7 Å². The van der Waals surface area contributed by atoms with Crippen molar-refractivity contribution in [1.82, 2.24) is 15.1 Å². The number of esters is 1. The van der Waals surface area contributed by atoms with E-state index in [-0.39, 0.29) is 5.91 Å². The standard InChI is InChI=1S/C17H25N3O3/c1-13(20-10-8-19(2)9-11-20)12-18-16(21)14-4-6-15(7-5-14)17(22)23-3/h4-7,13H,8-12H2,1-3H3,(H,18,21). The molecule has 0 spiro atoms. The van der Waals surface area contributed by atoms with Crippen molar-refractivity contribution in [3.05, 3.63) is 35.4 Å². The van der Waals surface area contributed by atoms with Crippen LogP contribution < -0.4 is 5.32 Å². The quantitative estimate of drug-likeness (QED) is 0.815. The summed E-state index contributed by atoms with van der Waals surface area (Å²) >= 11 is 0. The van der Waals surface area contributed by atoms with Crippen LogP contribution in [0, 0.1) is 0 Å². The SMILES string of the molecule is COC(=O)c1ccc(C(=O)NCC(C)N2CCN(C)CC2)cc1. The Morgan fingerprint density at radius 1 is 1.13 bits per heavy atom. The highest BCUT2D eigenvalue weighted by molar-refractivity contribution is 5.96. The van der Waals surface area contributed by atoms with Gasteiger partial charge < -0.3 is 15.0 Å². The van der Waals surface area contributed by atoms with E-state index in [2.05, 4.69) is 33.8 Å². The number of hydrogen-bond donors (Lipinski definition) is 1. The molecule has 1 aliphatic rings. The first-order chi connectivity index (χ1) is 11.0. The van der Waals surface area contributed by atoms with Gasteiger partial charge in [0, 0.05) is 44.3 Å². The first kappa shape index (κ1) is 17.4. The molecule has 1 heterocycles. The van der Waals surface area contributed by atoms with Crippen molar-refractivity contribution >= 4 is 11.9 Å². The molecular formula is C17H25N3O3. The molecule has 1 aromatic rings. The molecule has 1 amide bonds. The van der Waals surface area contributed by atoms with Crippen LogP contribution in [-0.4, -0.2) is 74.6 Å². The third kappa shape index (κ3) is 4.77. The number of amides is 1. The van der Waals surface area contributed by atoms with E-state index >= 15 is 0 Å². The summed E-state index contributed by atoms with van der Waals surface area (Å²) < 4.78 is 4.64. The Kier molecular flexibility index (Phi) is 6.12. The van der Waals surface area contributed by atoms with E-state index in [1.807, 2.05) is 0 Å². The summed E-state index contributed by atoms with van der Waals surface area (Å²) in [6.45, 7) is 6.93. The molecule has 2 rings (SSSR count). The van der Waals surface area contributed by atoms with Crippen molar-refractivity contribution in [2.24, 2.45) is 0 Å². The highest BCUT2D eigenvalue weighted by Crippen LogP contribution is 2.07. The number of ether oxygens (including phenoxy) is 1. The largest absolute Gasteiger partial charge is 0.465 e. The zero-order valence-corrected chi connectivity index (χ0v) is 14.0. The number of benzene rings is 1. The number of nitrogens with zero attached hydrogens (tertiary/aromatic N) is 2. The Morgan fingerprint density at radius 3 is 2.26 bits per heavy atom. The lowest BCUT2D eigenvalue weighted by Gasteiger charge is -2.36. The van der Waals surface area contributed by atoms with Gasteiger partial charge in [0.25, 0.3) is 5.91 Å². The monoisotopic (exact) mass is 319 g/mol. The molecule has 1 atom stereocenters. The number of piperazine rings is 1. The number of nitrogens with one attached hydrogen (secondary N) is 1. The zero-order chi connectivity index (χ0) is 16.8. The van der Waals surface area contributed by atoms with Gasteiger partial charge in [-0.2, -0.15) is 0 Å². The summed E-state index contributed by atoms with van der Waals surface area (Å²) in [6, 6.07) is 6.79. The minimum atomic E-state index is -0.402. The molecule has 6 nitrogen and oxygen atoms in total. The number of likely N-dealkylation sites (N-methyl/N-ethyl adjacent to an activating group) is 1. The van der Waals surface area contributed by atoms with Gasteiger partial charge in [-0.05, 0) is 38.2 Å². The van der Waals surface area contributed by atoms with Crippen molar-refractivity contribution < 1.29 is 14.3 Å². The molecule has 1 saturated heterocycles. The highest BCUT2D eigenvalue weighted by Gasteiger charge is 2.19. The lowest BCUT2D eigenvalue weighted by Crippen LogP contribution is -2.51. The van der Waals surface area contributed by atoms with Crippen LogP contribution in [0.15, 0.2) is 24.3 Å². The Hall–Kier alpha value is -1.92. The van der Waals surface area contributed by atoms with E-state index in [4.69, 9.17) is 0 Å². The smallest absolute Gasteiger partial charge is 0.337 e. The predicted molar refractivity (Wildman–Crippen MR) is 88.6 cm³/mol. The second kappa shape index (κ2) is 8.08. The van der Waals surface area contributed by atoms with Gasteiger partial charge in [0.1, 0.15) is 0 Å². The molecular weight excluding hydrogens is 294 g/mol. The van der Waals surface area contributed by atoms with Crippen LogP contribution in [0.4, 0.5) is 0 Å². The minimum Gasteiger partial charge on any atom is -0.465 e. The fraction of sp³-hybridized carbons (Fsp3) is 0.529. The second-order valence-corrected chi connectivity index (χ2v) is 5.97. The molecule has 1 unspecified atom stereocenters. The molecule has 1 aliphatic heterocycles. The number of hydrogen-bond acceptors (Lipinski definition) is 5. The Labute approximate surface area is 137 Å². The van der Waals surface area contributed by atoms with E-state index < -0.39 is 5.97 Å². The average Bonchev–Trinajstić information content (AvgIpc) is 2.59. The van der Waals surface area contributed by atoms with Crippen molar-refractivity contribution in [3.8, 4) is 0 Å². The molecule has 126 valence electrons. The fourth-order valence-corrected chi connectivity index (χ4v) is 2.61. The zero-order valence-electron chi connectivity index (χ0n) is 14.0. The number of rotatable bonds is 5. The van der Waals surface area contributed by atoms with Gasteiger partial charge in [0.05, 0.1) is 12.7 Å². The number of carbonyl (C=O) groups is 2. The van der Waals surface area contributed by atoms with Crippen molar-refractivity contribution in [1.29, 1.82) is 0 Å². The first-order valence-electron chi connectivity index (χ1n) is 7.90. The molecule has 0 aliphatic carbocycles. The van der Waals surface area contributed by atoms with Crippen molar-refractivity contribution in [2.45, 2.75) is 13.0 Å². The average molecular weight is 319 g/mol. The van der Waals surface area contributed by atoms with Gasteiger partial charge in [0.2, 0.25) is 0 Å². The number of methoxy groups -OCH3 is 1. The summed E-state index contributed by atoms with van der Waals surface area (Å²) in [7, 11) is 3.46. The van der Waals surface area contributed by atoms with E-state index in [1.54, 1.807) is 24.3 Å². The highest BCUT2D eigenvalue weighted by atomic mass is 16.5. The lowest BCUT2D eigenvalue weighted by atomic mass is 10.1. The van der Waals surface area contributed by atoms with Gasteiger partial charge >= 0.3 is 5.97 Å². The van der Waals surface area contributed by atoms with Crippen LogP contribution in [0.2, 0.25) is 0 Å². The first-order valence-corrected chi connectivity index (χ1v) is 7.90. The molecule has 23 heavy (non-hydrogen) atoms. The van der Waals surface area contributed by atoms with Crippen molar-refractivity contribution in [3.63, 3.8) is 0 Å². The summed E-state index contributed by atoms with van der Waals surface area (Å²) in [5.41, 5.74) is 0.984. The summed E-state index contributed by atoms with van der Waals surface area (Å²) in [5, 5.41) is 2.96. The molecule has 0 radical (unpaired) electrons. The second-order valence-electron chi connectivity index (χ2n) is 5.97. The maximum atomic E-state index is 12.2. The minimum absolute atomic E-state index is 0.123. The van der Waals surface area contributed by atoms with Gasteiger partial charge in [-0.3, -0.25) is 9.69 Å². The Balaban J connectivity index is 1.83. The molecule has 0 aromatic heterocycles. The van der Waals surface area contributed by atoms with E-state index in [9.17, 15) is 9.59 Å². The molecule has 0 saturated carbocycles. The summed E-state index contributed by atoms with van der Waals surface area (Å²) in [5.74, 6) is -0.525. The molecule has 1 N–H and O–H groups in total. The van der Waals surface area contributed by atoms with Crippen LogP contribution in [0.5, 0.6) is 0 Å². The third-order valence-corrected chi connectivity index (χ3v) is 4.29. The van der Waals surface area contributed by atoms with Gasteiger partial charge in [0.15, 0.2) is 0 Å². The van der Waals surface area contributed by atoms with Crippen LogP contribution >= 0.6 is 0 Å². The van der Waals surface area contributed by atoms with Crippen LogP contribution in [0.3, 0.4) is 0 Å². The third-order valence-electron chi connectivity index (χ3n) is 4.29. The lowest BCUT2D eigenvalue weighted by molar-refractivity contribution is 0.0600. The van der Waals surface area contributed by atoms with Gasteiger partial charge in [-0.1, -0.05) is 0 Å². The summed E-state index contributed by atoms with van der Waals surface area (Å²) in [4.78, 5) is 28.3. The Bertz CT molecular complexity index is 537. The van der Waals surface area contributed by atoms with Gasteiger partial charge in [-0.25, -0.2) is 4.79 Å². The van der Waals surface area contributed by atoms with Gasteiger partial charge in [-0.15, -0.1) is 0 Å². The van der Waals surface area contributed by atoms with Crippen molar-refractivity contribution in [2.75, 3.05) is 46.9 Å². The van der Waals surface area contributed by atoms with E-state index in [0.717, 1.165) is 26.2 Å². The van der Waals surface area contributed by atoms with E-state index in [1.165, 1.54) is 7.11 Å².